The SMILES string of the molecule is C[C@H]1CCCN(Cc2cc(C(F)(F)F)c3cn(-c4cccc(C(c5nncn5C)C5CCOCC5)c4)c(=O)n3c2)C1. The van der Waals surface area contributed by atoms with Gasteiger partial charge in [0, 0.05) is 51.7 Å². The smallest absolute Gasteiger partial charge is 0.381 e. The summed E-state index contributed by atoms with van der Waals surface area (Å²) in [5, 5.41) is 8.48. The molecule has 1 aromatic carbocycles. The predicted octanol–water partition coefficient (Wildman–Crippen LogP) is 5.03. The number of nitrogens with zero attached hydrogens (tertiary/aromatic N) is 6. The number of benzene rings is 1. The van der Waals surface area contributed by atoms with Crippen molar-refractivity contribution in [3.63, 3.8) is 0 Å². The number of pyridine rings is 1. The summed E-state index contributed by atoms with van der Waals surface area (Å²) in [6.45, 7) is 5.52. The van der Waals surface area contributed by atoms with Gasteiger partial charge in [-0.3, -0.25) is 13.9 Å². The summed E-state index contributed by atoms with van der Waals surface area (Å²) < 4.78 is 52.8. The summed E-state index contributed by atoms with van der Waals surface area (Å²) in [7, 11) is 1.90. The highest BCUT2D eigenvalue weighted by Gasteiger charge is 2.35. The first-order chi connectivity index (χ1) is 19.7. The molecule has 2 aliphatic rings. The summed E-state index contributed by atoms with van der Waals surface area (Å²) in [5.74, 6) is 1.46. The van der Waals surface area contributed by atoms with Crippen molar-refractivity contribution in [1.82, 2.24) is 28.6 Å². The van der Waals surface area contributed by atoms with E-state index in [1.165, 1.54) is 16.8 Å². The Morgan fingerprint density at radius 1 is 1.12 bits per heavy atom. The van der Waals surface area contributed by atoms with Crippen LogP contribution in [-0.4, -0.2) is 54.9 Å². The summed E-state index contributed by atoms with van der Waals surface area (Å²) in [6, 6.07) is 8.67. The van der Waals surface area contributed by atoms with Crippen LogP contribution in [0.4, 0.5) is 13.2 Å². The molecule has 8 nitrogen and oxygen atoms in total. The van der Waals surface area contributed by atoms with Crippen molar-refractivity contribution >= 4 is 5.52 Å². The van der Waals surface area contributed by atoms with Gasteiger partial charge in [0.05, 0.1) is 16.8 Å². The van der Waals surface area contributed by atoms with Crippen molar-refractivity contribution < 1.29 is 17.9 Å². The van der Waals surface area contributed by atoms with Crippen LogP contribution in [0.5, 0.6) is 0 Å². The Bertz CT molecular complexity index is 1580. The van der Waals surface area contributed by atoms with Crippen LogP contribution in [0.25, 0.3) is 11.2 Å². The molecular weight excluding hydrogens is 533 g/mol. The van der Waals surface area contributed by atoms with Gasteiger partial charge in [-0.2, -0.15) is 13.2 Å². The molecule has 3 aromatic heterocycles. The average molecular weight is 569 g/mol. The molecule has 6 rings (SSSR count). The third-order valence-corrected chi connectivity index (χ3v) is 8.55. The van der Waals surface area contributed by atoms with Crippen molar-refractivity contribution in [2.75, 3.05) is 26.3 Å². The first kappa shape index (κ1) is 27.7. The summed E-state index contributed by atoms with van der Waals surface area (Å²) in [5.41, 5.74) is 0.440. The van der Waals surface area contributed by atoms with Crippen LogP contribution >= 0.6 is 0 Å². The highest BCUT2D eigenvalue weighted by molar-refractivity contribution is 5.58. The van der Waals surface area contributed by atoms with E-state index in [1.54, 1.807) is 18.6 Å². The first-order valence-electron chi connectivity index (χ1n) is 14.3. The van der Waals surface area contributed by atoms with E-state index in [2.05, 4.69) is 22.0 Å². The Kier molecular flexibility index (Phi) is 7.50. The minimum absolute atomic E-state index is 0.0941. The van der Waals surface area contributed by atoms with Gasteiger partial charge in [-0.25, -0.2) is 4.79 Å². The maximum absolute atomic E-state index is 14.3. The number of alkyl halides is 3. The number of hydrogen-bond donors (Lipinski definition) is 0. The van der Waals surface area contributed by atoms with E-state index in [9.17, 15) is 18.0 Å². The minimum Gasteiger partial charge on any atom is -0.381 e. The predicted molar refractivity (Wildman–Crippen MR) is 148 cm³/mol. The average Bonchev–Trinajstić information content (AvgIpc) is 3.51. The van der Waals surface area contributed by atoms with Gasteiger partial charge >= 0.3 is 11.9 Å². The lowest BCUT2D eigenvalue weighted by Gasteiger charge is -2.31. The number of halogens is 3. The molecule has 4 aromatic rings. The van der Waals surface area contributed by atoms with Gasteiger partial charge in [0.1, 0.15) is 12.2 Å². The van der Waals surface area contributed by atoms with E-state index in [0.29, 0.717) is 36.9 Å². The molecule has 2 aliphatic heterocycles. The molecule has 2 saturated heterocycles. The van der Waals surface area contributed by atoms with E-state index < -0.39 is 17.4 Å². The molecule has 2 atom stereocenters. The minimum atomic E-state index is -4.60. The molecule has 1 unspecified atom stereocenters. The normalized spacial score (nSPS) is 20.1. The van der Waals surface area contributed by atoms with E-state index in [1.807, 2.05) is 29.8 Å². The number of aromatic nitrogens is 5. The van der Waals surface area contributed by atoms with Crippen molar-refractivity contribution in [1.29, 1.82) is 0 Å². The monoisotopic (exact) mass is 568 g/mol. The number of aryl methyl sites for hydroxylation is 1. The molecule has 0 radical (unpaired) electrons. The van der Waals surface area contributed by atoms with Crippen molar-refractivity contribution in [2.24, 2.45) is 18.9 Å². The Balaban J connectivity index is 1.42. The third kappa shape index (κ3) is 5.57. The molecule has 2 fully saturated rings. The second kappa shape index (κ2) is 11.1. The van der Waals surface area contributed by atoms with Crippen LogP contribution in [0.3, 0.4) is 0 Å². The zero-order valence-electron chi connectivity index (χ0n) is 23.3. The molecule has 0 amide bonds. The molecule has 11 heteroatoms. The van der Waals surface area contributed by atoms with Gasteiger partial charge < -0.3 is 9.30 Å². The molecule has 5 heterocycles. The fraction of sp³-hybridized carbons (Fsp3) is 0.500. The topological polar surface area (TPSA) is 69.6 Å². The number of likely N-dealkylation sites (tertiary alicyclic amines) is 1. The third-order valence-electron chi connectivity index (χ3n) is 8.55. The maximum Gasteiger partial charge on any atom is 0.418 e. The Labute approximate surface area is 236 Å². The van der Waals surface area contributed by atoms with Crippen LogP contribution in [-0.2, 0) is 24.5 Å². The zero-order chi connectivity index (χ0) is 28.7. The number of hydrogen-bond acceptors (Lipinski definition) is 5. The largest absolute Gasteiger partial charge is 0.418 e. The molecule has 0 N–H and O–H groups in total. The molecule has 0 aliphatic carbocycles. The van der Waals surface area contributed by atoms with Gasteiger partial charge in [-0.15, -0.1) is 10.2 Å². The van der Waals surface area contributed by atoms with Crippen LogP contribution in [0.2, 0.25) is 0 Å². The number of imidazole rings is 1. The standard InChI is InChI=1S/C30H35F3N6O2/c1-20-5-4-10-37(15-20)16-21-13-25(30(31,32)33)26-18-38(29(40)39(26)17-21)24-7-3-6-23(14-24)27(22-8-11-41-12-9-22)28-35-34-19-36(28)2/h3,6-7,13-14,17-20,22,27H,4-5,8-12,15-16H2,1-2H3/t20-,27?/m0/s1. The molecule has 0 spiro atoms. The highest BCUT2D eigenvalue weighted by atomic mass is 19.4. The van der Waals surface area contributed by atoms with Crippen molar-refractivity contribution in [2.45, 2.75) is 51.2 Å². The first-order valence-corrected chi connectivity index (χ1v) is 14.3. The van der Waals surface area contributed by atoms with E-state index in [-0.39, 0.29) is 17.4 Å². The molecule has 0 bridgehead atoms. The van der Waals surface area contributed by atoms with Crippen molar-refractivity contribution in [3.05, 3.63) is 82.1 Å². The van der Waals surface area contributed by atoms with E-state index in [4.69, 9.17) is 4.74 Å². The zero-order valence-corrected chi connectivity index (χ0v) is 23.3. The molecular formula is C30H35F3N6O2. The van der Waals surface area contributed by atoms with Gasteiger partial charge in [0.25, 0.3) is 0 Å². The Hall–Kier alpha value is -3.44. The lowest BCUT2D eigenvalue weighted by molar-refractivity contribution is -0.136. The van der Waals surface area contributed by atoms with Crippen LogP contribution < -0.4 is 5.69 Å². The fourth-order valence-electron chi connectivity index (χ4n) is 6.56. The fourth-order valence-corrected chi connectivity index (χ4v) is 6.56. The number of rotatable bonds is 6. The molecule has 0 saturated carbocycles. The maximum atomic E-state index is 14.3. The number of fused-ring (bicyclic) bond motifs is 1. The van der Waals surface area contributed by atoms with Gasteiger partial charge in [-0.05, 0) is 73.4 Å². The van der Waals surface area contributed by atoms with Crippen molar-refractivity contribution in [3.8, 4) is 5.69 Å². The van der Waals surface area contributed by atoms with Crippen LogP contribution in [0.1, 0.15) is 61.0 Å². The Morgan fingerprint density at radius 2 is 1.93 bits per heavy atom. The van der Waals surface area contributed by atoms with E-state index in [0.717, 1.165) is 54.6 Å². The summed E-state index contributed by atoms with van der Waals surface area (Å²) in [6.07, 6.45) is 3.78. The summed E-state index contributed by atoms with van der Waals surface area (Å²) >= 11 is 0. The number of ether oxygens (including phenoxy) is 1. The van der Waals surface area contributed by atoms with E-state index >= 15 is 0 Å². The Morgan fingerprint density at radius 3 is 2.63 bits per heavy atom. The molecule has 41 heavy (non-hydrogen) atoms. The summed E-state index contributed by atoms with van der Waals surface area (Å²) in [4.78, 5) is 15.8. The van der Waals surface area contributed by atoms with Crippen LogP contribution in [0, 0.1) is 11.8 Å². The van der Waals surface area contributed by atoms with Crippen LogP contribution in [0.15, 0.2) is 53.8 Å². The van der Waals surface area contributed by atoms with Gasteiger partial charge in [0.2, 0.25) is 0 Å². The van der Waals surface area contributed by atoms with Gasteiger partial charge in [0.15, 0.2) is 0 Å². The quantitative estimate of drug-likeness (QED) is 0.327. The lowest BCUT2D eigenvalue weighted by atomic mass is 9.80. The molecule has 218 valence electrons. The second-order valence-electron chi connectivity index (χ2n) is 11.6. The highest BCUT2D eigenvalue weighted by Crippen LogP contribution is 2.38. The second-order valence-corrected chi connectivity index (χ2v) is 11.6. The lowest BCUT2D eigenvalue weighted by Crippen LogP contribution is -2.34. The van der Waals surface area contributed by atoms with Gasteiger partial charge in [-0.1, -0.05) is 19.1 Å². The number of piperidine rings is 1.